The predicted molar refractivity (Wildman–Crippen MR) is 54.7 cm³/mol. The maximum atomic E-state index is 9.61. The smallest absolute Gasteiger partial charge is 0.120 e. The second-order valence-electron chi connectivity index (χ2n) is 3.46. The first-order valence-corrected chi connectivity index (χ1v) is 4.70. The Kier molecular flexibility index (Phi) is 3.32. The molecule has 0 unspecified atom stereocenters. The Morgan fingerprint density at radius 3 is 2.69 bits per heavy atom. The molecule has 72 valence electrons. The van der Waals surface area contributed by atoms with Crippen LogP contribution in [0.3, 0.4) is 0 Å². The van der Waals surface area contributed by atoms with Crippen molar-refractivity contribution in [3.63, 3.8) is 0 Å². The van der Waals surface area contributed by atoms with Gasteiger partial charge < -0.3 is 10.8 Å². The summed E-state index contributed by atoms with van der Waals surface area (Å²) in [5, 5.41) is 9.61. The molecule has 2 heteroatoms. The third-order valence-corrected chi connectivity index (χ3v) is 2.19. The third-order valence-electron chi connectivity index (χ3n) is 2.19. The summed E-state index contributed by atoms with van der Waals surface area (Å²) in [6.07, 6.45) is 1.95. The Morgan fingerprint density at radius 2 is 2.15 bits per heavy atom. The molecule has 1 atom stereocenters. The minimum Gasteiger partial charge on any atom is -0.508 e. The lowest BCUT2D eigenvalue weighted by Crippen LogP contribution is -2.09. The zero-order chi connectivity index (χ0) is 9.84. The molecule has 0 aliphatic rings. The molecule has 2 nitrogen and oxygen atoms in total. The Morgan fingerprint density at radius 1 is 1.46 bits per heavy atom. The van der Waals surface area contributed by atoms with Crippen LogP contribution in [0, 0.1) is 6.92 Å². The number of hydrogen-bond acceptors (Lipinski definition) is 2. The van der Waals surface area contributed by atoms with Gasteiger partial charge in [-0.1, -0.05) is 25.5 Å². The first-order chi connectivity index (χ1) is 6.15. The van der Waals surface area contributed by atoms with E-state index in [1.54, 1.807) is 6.07 Å². The molecule has 0 saturated heterocycles. The van der Waals surface area contributed by atoms with Crippen molar-refractivity contribution in [3.8, 4) is 5.75 Å². The van der Waals surface area contributed by atoms with E-state index in [9.17, 15) is 5.11 Å². The number of phenols is 1. The van der Waals surface area contributed by atoms with Crippen molar-refractivity contribution >= 4 is 0 Å². The van der Waals surface area contributed by atoms with Crippen molar-refractivity contribution in [2.24, 2.45) is 5.73 Å². The number of aromatic hydroxyl groups is 1. The van der Waals surface area contributed by atoms with Crippen LogP contribution < -0.4 is 5.73 Å². The summed E-state index contributed by atoms with van der Waals surface area (Å²) in [5.74, 6) is 0.320. The van der Waals surface area contributed by atoms with E-state index in [0.717, 1.165) is 24.0 Å². The van der Waals surface area contributed by atoms with Gasteiger partial charge >= 0.3 is 0 Å². The molecule has 0 heterocycles. The van der Waals surface area contributed by atoms with E-state index in [2.05, 4.69) is 6.92 Å². The number of rotatable bonds is 3. The highest BCUT2D eigenvalue weighted by Crippen LogP contribution is 2.26. The average Bonchev–Trinajstić information content (AvgIpc) is 2.04. The van der Waals surface area contributed by atoms with Crippen molar-refractivity contribution in [2.45, 2.75) is 32.7 Å². The molecule has 0 amide bonds. The number of aryl methyl sites for hydroxylation is 1. The monoisotopic (exact) mass is 179 g/mol. The molecule has 0 radical (unpaired) electrons. The highest BCUT2D eigenvalue weighted by atomic mass is 16.3. The van der Waals surface area contributed by atoms with Crippen molar-refractivity contribution in [1.82, 2.24) is 0 Å². The summed E-state index contributed by atoms with van der Waals surface area (Å²) in [4.78, 5) is 0. The van der Waals surface area contributed by atoms with Crippen LogP contribution in [0.1, 0.15) is 36.9 Å². The minimum atomic E-state index is -0.0365. The molecule has 0 aliphatic carbocycles. The fourth-order valence-electron chi connectivity index (χ4n) is 1.43. The van der Waals surface area contributed by atoms with Gasteiger partial charge in [-0.25, -0.2) is 0 Å². The van der Waals surface area contributed by atoms with Crippen LogP contribution in [0.4, 0.5) is 0 Å². The minimum absolute atomic E-state index is 0.0365. The maximum absolute atomic E-state index is 9.61. The van der Waals surface area contributed by atoms with E-state index in [0.29, 0.717) is 5.75 Å². The average molecular weight is 179 g/mol. The second-order valence-corrected chi connectivity index (χ2v) is 3.46. The van der Waals surface area contributed by atoms with Gasteiger partial charge in [-0.3, -0.25) is 0 Å². The van der Waals surface area contributed by atoms with Gasteiger partial charge in [0.25, 0.3) is 0 Å². The Hall–Kier alpha value is -1.02. The SMILES string of the molecule is CCC[C@@H](N)c1ccc(C)cc1O. The van der Waals surface area contributed by atoms with Gasteiger partial charge in [0.05, 0.1) is 0 Å². The summed E-state index contributed by atoms with van der Waals surface area (Å²) >= 11 is 0. The zero-order valence-electron chi connectivity index (χ0n) is 8.25. The van der Waals surface area contributed by atoms with Gasteiger partial charge in [-0.2, -0.15) is 0 Å². The van der Waals surface area contributed by atoms with E-state index in [1.165, 1.54) is 0 Å². The molecule has 0 aliphatic heterocycles. The summed E-state index contributed by atoms with van der Waals surface area (Å²) < 4.78 is 0. The van der Waals surface area contributed by atoms with Gasteiger partial charge in [0, 0.05) is 11.6 Å². The molecular weight excluding hydrogens is 162 g/mol. The molecule has 1 aromatic rings. The molecule has 13 heavy (non-hydrogen) atoms. The molecule has 1 aromatic carbocycles. The second kappa shape index (κ2) is 4.28. The lowest BCUT2D eigenvalue weighted by atomic mass is 10.0. The van der Waals surface area contributed by atoms with Gasteiger partial charge in [0.2, 0.25) is 0 Å². The molecule has 1 rings (SSSR count). The topological polar surface area (TPSA) is 46.2 Å². The van der Waals surface area contributed by atoms with Crippen LogP contribution in [-0.4, -0.2) is 5.11 Å². The van der Waals surface area contributed by atoms with E-state index in [-0.39, 0.29) is 6.04 Å². The van der Waals surface area contributed by atoms with Crippen molar-refractivity contribution in [1.29, 1.82) is 0 Å². The fraction of sp³-hybridized carbons (Fsp3) is 0.455. The first-order valence-electron chi connectivity index (χ1n) is 4.70. The number of benzene rings is 1. The van der Waals surface area contributed by atoms with E-state index >= 15 is 0 Å². The highest BCUT2D eigenvalue weighted by Gasteiger charge is 2.09. The van der Waals surface area contributed by atoms with Gasteiger partial charge in [-0.15, -0.1) is 0 Å². The van der Waals surface area contributed by atoms with Gasteiger partial charge in [0.15, 0.2) is 0 Å². The molecule has 0 fully saturated rings. The largest absolute Gasteiger partial charge is 0.508 e. The van der Waals surface area contributed by atoms with Crippen LogP contribution in [-0.2, 0) is 0 Å². The van der Waals surface area contributed by atoms with Gasteiger partial charge in [0.1, 0.15) is 5.75 Å². The lowest BCUT2D eigenvalue weighted by molar-refractivity contribution is 0.457. The number of phenolic OH excluding ortho intramolecular Hbond substituents is 1. The quantitative estimate of drug-likeness (QED) is 0.748. The van der Waals surface area contributed by atoms with Crippen LogP contribution in [0.25, 0.3) is 0 Å². The normalized spacial score (nSPS) is 12.8. The molecule has 3 N–H and O–H groups in total. The Balaban J connectivity index is 2.88. The van der Waals surface area contributed by atoms with Crippen molar-refractivity contribution in [2.75, 3.05) is 0 Å². The summed E-state index contributed by atoms with van der Waals surface area (Å²) in [7, 11) is 0. The molecule has 0 aromatic heterocycles. The van der Waals surface area contributed by atoms with Crippen LogP contribution in [0.15, 0.2) is 18.2 Å². The Labute approximate surface area is 79.4 Å². The lowest BCUT2D eigenvalue weighted by Gasteiger charge is -2.12. The van der Waals surface area contributed by atoms with E-state index < -0.39 is 0 Å². The van der Waals surface area contributed by atoms with E-state index in [4.69, 9.17) is 5.73 Å². The summed E-state index contributed by atoms with van der Waals surface area (Å²) in [6.45, 7) is 4.04. The van der Waals surface area contributed by atoms with Gasteiger partial charge in [-0.05, 0) is 25.0 Å². The van der Waals surface area contributed by atoms with Crippen LogP contribution >= 0.6 is 0 Å². The summed E-state index contributed by atoms with van der Waals surface area (Å²) in [5.41, 5.74) is 7.81. The maximum Gasteiger partial charge on any atom is 0.120 e. The third kappa shape index (κ3) is 2.46. The zero-order valence-corrected chi connectivity index (χ0v) is 8.25. The highest BCUT2D eigenvalue weighted by molar-refractivity contribution is 5.37. The van der Waals surface area contributed by atoms with Crippen molar-refractivity contribution < 1.29 is 5.11 Å². The molecule has 0 spiro atoms. The molecular formula is C11H17NO. The fourth-order valence-corrected chi connectivity index (χ4v) is 1.43. The van der Waals surface area contributed by atoms with E-state index in [1.807, 2.05) is 19.1 Å². The first kappa shape index (κ1) is 10.1. The van der Waals surface area contributed by atoms with Crippen LogP contribution in [0.2, 0.25) is 0 Å². The molecule has 0 bridgehead atoms. The Bertz CT molecular complexity index is 283. The molecule has 0 saturated carbocycles. The standard InChI is InChI=1S/C11H17NO/c1-3-4-10(12)9-6-5-8(2)7-11(9)13/h5-7,10,13H,3-4,12H2,1-2H3/t10-/m1/s1. The number of hydrogen-bond donors (Lipinski definition) is 2. The predicted octanol–water partition coefficient (Wildman–Crippen LogP) is 2.50. The summed E-state index contributed by atoms with van der Waals surface area (Å²) in [6, 6.07) is 5.60. The van der Waals surface area contributed by atoms with Crippen LogP contribution in [0.5, 0.6) is 5.75 Å². The van der Waals surface area contributed by atoms with Crippen molar-refractivity contribution in [3.05, 3.63) is 29.3 Å². The number of nitrogens with two attached hydrogens (primary N) is 1.